The fourth-order valence-electron chi connectivity index (χ4n) is 7.60. The first-order chi connectivity index (χ1) is 33.0. The van der Waals surface area contributed by atoms with Crippen LogP contribution in [0.5, 0.6) is 0 Å². The number of allylic oxidation sites excluding steroid dienone is 14. The highest BCUT2D eigenvalue weighted by atomic mass is 16.6. The van der Waals surface area contributed by atoms with E-state index >= 15 is 0 Å². The summed E-state index contributed by atoms with van der Waals surface area (Å²) >= 11 is 0. The molecule has 0 aliphatic carbocycles. The lowest BCUT2D eigenvalue weighted by atomic mass is 10.1. The van der Waals surface area contributed by atoms with E-state index in [-0.39, 0.29) is 37.5 Å². The third-order valence-electron chi connectivity index (χ3n) is 11.9. The van der Waals surface area contributed by atoms with E-state index < -0.39 is 6.10 Å². The largest absolute Gasteiger partial charge is 0.462 e. The number of hydrogen-bond acceptors (Lipinski definition) is 6. The predicted octanol–water partition coefficient (Wildman–Crippen LogP) is 18.8. The predicted molar refractivity (Wildman–Crippen MR) is 288 cm³/mol. The SMILES string of the molecule is CCCCC/C=C\C=C/CCCCCCCCC(=O)OCC(COC(=O)CCC/C=C\C/C=C\C/C=C\C/C=C\CCCCC)OC(=O)CCCCCCCCC/C=C\CCCCCCCC. The maximum Gasteiger partial charge on any atom is 0.306 e. The summed E-state index contributed by atoms with van der Waals surface area (Å²) in [6.45, 7) is 6.52. The second-order valence-corrected chi connectivity index (χ2v) is 18.5. The van der Waals surface area contributed by atoms with Gasteiger partial charge in [0.25, 0.3) is 0 Å². The first kappa shape index (κ1) is 63.6. The molecule has 0 spiro atoms. The molecule has 0 amide bonds. The van der Waals surface area contributed by atoms with Gasteiger partial charge in [-0.15, -0.1) is 0 Å². The number of hydrogen-bond donors (Lipinski definition) is 0. The van der Waals surface area contributed by atoms with Crippen molar-refractivity contribution in [1.29, 1.82) is 0 Å². The Kier molecular flexibility index (Phi) is 52.4. The summed E-state index contributed by atoms with van der Waals surface area (Å²) in [6, 6.07) is 0. The molecule has 0 aromatic heterocycles. The summed E-state index contributed by atoms with van der Waals surface area (Å²) in [4.78, 5) is 38.1. The maximum absolute atomic E-state index is 12.8. The van der Waals surface area contributed by atoms with Crippen LogP contribution >= 0.6 is 0 Å². The Morgan fingerprint density at radius 2 is 0.597 bits per heavy atom. The van der Waals surface area contributed by atoms with Gasteiger partial charge in [0.15, 0.2) is 6.10 Å². The highest BCUT2D eigenvalue weighted by Crippen LogP contribution is 2.14. The summed E-state index contributed by atoms with van der Waals surface area (Å²) in [5.41, 5.74) is 0. The molecule has 0 N–H and O–H groups in total. The molecule has 0 fully saturated rings. The molecule has 0 bridgehead atoms. The number of unbranched alkanes of at least 4 members (excludes halogenated alkanes) is 26. The van der Waals surface area contributed by atoms with Crippen molar-refractivity contribution in [2.24, 2.45) is 0 Å². The molecule has 0 rings (SSSR count). The molecule has 1 unspecified atom stereocenters. The molecule has 67 heavy (non-hydrogen) atoms. The Bertz CT molecular complexity index is 1300. The van der Waals surface area contributed by atoms with Crippen LogP contribution in [0.15, 0.2) is 85.1 Å². The minimum atomic E-state index is -0.806. The minimum absolute atomic E-state index is 0.101. The summed E-state index contributed by atoms with van der Waals surface area (Å²) in [5, 5.41) is 0. The van der Waals surface area contributed by atoms with Gasteiger partial charge in [0.05, 0.1) is 0 Å². The van der Waals surface area contributed by atoms with Crippen molar-refractivity contribution in [1.82, 2.24) is 0 Å². The Morgan fingerprint density at radius 3 is 1.03 bits per heavy atom. The van der Waals surface area contributed by atoms with Crippen molar-refractivity contribution in [3.05, 3.63) is 85.1 Å². The van der Waals surface area contributed by atoms with Gasteiger partial charge in [-0.2, -0.15) is 0 Å². The van der Waals surface area contributed by atoms with Crippen molar-refractivity contribution in [2.75, 3.05) is 13.2 Å². The Labute approximate surface area is 414 Å². The fraction of sp³-hybridized carbons (Fsp3) is 0.721. The smallest absolute Gasteiger partial charge is 0.306 e. The van der Waals surface area contributed by atoms with Crippen molar-refractivity contribution in [3.63, 3.8) is 0 Å². The summed E-state index contributed by atoms with van der Waals surface area (Å²) < 4.78 is 16.8. The summed E-state index contributed by atoms with van der Waals surface area (Å²) in [7, 11) is 0. The van der Waals surface area contributed by atoms with E-state index in [0.29, 0.717) is 19.3 Å². The number of ether oxygens (including phenoxy) is 3. The van der Waals surface area contributed by atoms with Crippen molar-refractivity contribution < 1.29 is 28.6 Å². The van der Waals surface area contributed by atoms with Crippen LogP contribution < -0.4 is 0 Å². The first-order valence-electron chi connectivity index (χ1n) is 28.1. The third-order valence-corrected chi connectivity index (χ3v) is 11.9. The van der Waals surface area contributed by atoms with Gasteiger partial charge >= 0.3 is 17.9 Å². The lowest BCUT2D eigenvalue weighted by Gasteiger charge is -2.18. The van der Waals surface area contributed by atoms with Gasteiger partial charge in [0.2, 0.25) is 0 Å². The Morgan fingerprint density at radius 1 is 0.313 bits per heavy atom. The van der Waals surface area contributed by atoms with E-state index in [1.807, 2.05) is 0 Å². The van der Waals surface area contributed by atoms with Gasteiger partial charge in [-0.1, -0.05) is 221 Å². The first-order valence-corrected chi connectivity index (χ1v) is 28.1. The molecular weight excluding hydrogens is 829 g/mol. The summed E-state index contributed by atoms with van der Waals surface area (Å²) in [6.07, 6.45) is 71.4. The molecule has 384 valence electrons. The van der Waals surface area contributed by atoms with Crippen LogP contribution in [0, 0.1) is 0 Å². The molecule has 0 aliphatic heterocycles. The standard InChI is InChI=1S/C61H104O6/c1-4-7-10-13-16-19-22-25-28-30-33-36-39-42-45-48-51-54-60(63)66-57-58(56-65-59(62)53-50-47-44-41-38-35-32-27-24-21-18-15-12-9-6-3)67-61(64)55-52-49-46-43-40-37-34-31-29-26-23-20-17-14-11-8-5-2/h16,18-19,21,24-29,33,36,42,45,58H,4-15,17,20,22-23,30-32,34-35,37-41,43-44,46-57H2,1-3H3/b19-16-,21-18-,27-24-,28-25-,29-26-,36-33-,45-42-. The topological polar surface area (TPSA) is 78.9 Å². The lowest BCUT2D eigenvalue weighted by molar-refractivity contribution is -0.167. The molecule has 6 heteroatoms. The van der Waals surface area contributed by atoms with E-state index in [1.165, 1.54) is 148 Å². The second-order valence-electron chi connectivity index (χ2n) is 18.5. The van der Waals surface area contributed by atoms with Crippen LogP contribution in [-0.4, -0.2) is 37.2 Å². The van der Waals surface area contributed by atoms with Crippen LogP contribution in [-0.2, 0) is 28.6 Å². The maximum atomic E-state index is 12.8. The van der Waals surface area contributed by atoms with Crippen LogP contribution in [0.2, 0.25) is 0 Å². The highest BCUT2D eigenvalue weighted by Gasteiger charge is 2.19. The lowest BCUT2D eigenvalue weighted by Crippen LogP contribution is -2.30. The van der Waals surface area contributed by atoms with Crippen molar-refractivity contribution >= 4 is 17.9 Å². The van der Waals surface area contributed by atoms with Gasteiger partial charge in [0.1, 0.15) is 13.2 Å². The molecule has 0 saturated carbocycles. The van der Waals surface area contributed by atoms with E-state index in [0.717, 1.165) is 70.6 Å². The molecule has 0 aliphatic rings. The number of carbonyl (C=O) groups excluding carboxylic acids is 3. The van der Waals surface area contributed by atoms with E-state index in [9.17, 15) is 14.4 Å². The van der Waals surface area contributed by atoms with Crippen LogP contribution in [0.25, 0.3) is 0 Å². The second kappa shape index (κ2) is 55.2. The molecule has 0 heterocycles. The van der Waals surface area contributed by atoms with Crippen LogP contribution in [0.1, 0.15) is 265 Å². The van der Waals surface area contributed by atoms with E-state index in [4.69, 9.17) is 14.2 Å². The van der Waals surface area contributed by atoms with Gasteiger partial charge in [-0.25, -0.2) is 0 Å². The molecule has 0 saturated heterocycles. The average molecular weight is 933 g/mol. The normalized spacial score (nSPS) is 12.7. The van der Waals surface area contributed by atoms with Gasteiger partial charge in [-0.05, 0) is 109 Å². The van der Waals surface area contributed by atoms with Crippen LogP contribution in [0.3, 0.4) is 0 Å². The molecular formula is C61H104O6. The third kappa shape index (κ3) is 53.4. The zero-order chi connectivity index (χ0) is 48.6. The van der Waals surface area contributed by atoms with Crippen molar-refractivity contribution in [3.8, 4) is 0 Å². The van der Waals surface area contributed by atoms with Crippen molar-refractivity contribution in [2.45, 2.75) is 271 Å². The number of esters is 3. The molecule has 1 atom stereocenters. The zero-order valence-electron chi connectivity index (χ0n) is 43.9. The quantitative estimate of drug-likeness (QED) is 0.0199. The highest BCUT2D eigenvalue weighted by molar-refractivity contribution is 5.71. The van der Waals surface area contributed by atoms with E-state index in [1.54, 1.807) is 0 Å². The average Bonchev–Trinajstić information content (AvgIpc) is 3.33. The molecule has 0 radical (unpaired) electrons. The van der Waals surface area contributed by atoms with Gasteiger partial charge in [0, 0.05) is 19.3 Å². The van der Waals surface area contributed by atoms with Gasteiger partial charge < -0.3 is 14.2 Å². The van der Waals surface area contributed by atoms with Gasteiger partial charge in [-0.3, -0.25) is 14.4 Å². The fourth-order valence-corrected chi connectivity index (χ4v) is 7.60. The Hall–Kier alpha value is -3.41. The van der Waals surface area contributed by atoms with Crippen LogP contribution in [0.4, 0.5) is 0 Å². The molecule has 0 aromatic carbocycles. The molecule has 0 aromatic rings. The zero-order valence-corrected chi connectivity index (χ0v) is 43.9. The summed E-state index contributed by atoms with van der Waals surface area (Å²) in [5.74, 6) is -0.971. The number of rotatable bonds is 50. The molecule has 6 nitrogen and oxygen atoms in total. The Balaban J connectivity index is 4.49. The number of carbonyl (C=O) groups is 3. The monoisotopic (exact) mass is 933 g/mol. The minimum Gasteiger partial charge on any atom is -0.462 e. The van der Waals surface area contributed by atoms with E-state index in [2.05, 4.69) is 106 Å².